The Labute approximate surface area is 106 Å². The normalized spacial score (nSPS) is 23.4. The summed E-state index contributed by atoms with van der Waals surface area (Å²) < 4.78 is 5.48. The number of hydrogen-bond acceptors (Lipinski definition) is 4. The summed E-state index contributed by atoms with van der Waals surface area (Å²) in [6.07, 6.45) is 4.38. The zero-order valence-corrected chi connectivity index (χ0v) is 10.5. The first-order valence-corrected chi connectivity index (χ1v) is 6.11. The quantitative estimate of drug-likeness (QED) is 0.849. The van der Waals surface area contributed by atoms with E-state index in [1.54, 1.807) is 12.4 Å². The first-order valence-electron chi connectivity index (χ1n) is 6.11. The molecule has 0 spiro atoms. The number of carboxylic acids is 1. The van der Waals surface area contributed by atoms with Gasteiger partial charge in [-0.2, -0.15) is 0 Å². The Hall–Kier alpha value is -1.46. The van der Waals surface area contributed by atoms with E-state index in [0.29, 0.717) is 6.42 Å². The third-order valence-electron chi connectivity index (χ3n) is 3.10. The molecule has 1 aliphatic rings. The molecule has 0 amide bonds. The van der Waals surface area contributed by atoms with Gasteiger partial charge in [-0.1, -0.05) is 0 Å². The van der Waals surface area contributed by atoms with Crippen molar-refractivity contribution in [3.05, 3.63) is 30.1 Å². The Morgan fingerprint density at radius 3 is 2.83 bits per heavy atom. The number of aliphatic carboxylic acids is 1. The van der Waals surface area contributed by atoms with Crippen LogP contribution in [0.5, 0.6) is 0 Å². The molecule has 0 bridgehead atoms. The summed E-state index contributed by atoms with van der Waals surface area (Å²) in [4.78, 5) is 16.9. The van der Waals surface area contributed by atoms with E-state index in [9.17, 15) is 4.79 Å². The first-order chi connectivity index (χ1) is 8.65. The summed E-state index contributed by atoms with van der Waals surface area (Å²) in [5.74, 6) is -0.853. The maximum Gasteiger partial charge on any atom is 0.332 e. The number of ether oxygens (including phenoxy) is 1. The Balaban J connectivity index is 1.78. The predicted octanol–water partition coefficient (Wildman–Crippen LogP) is 1.15. The van der Waals surface area contributed by atoms with Gasteiger partial charge in [-0.15, -0.1) is 0 Å². The van der Waals surface area contributed by atoms with Crippen LogP contribution in [0.25, 0.3) is 0 Å². The minimum atomic E-state index is -0.853. The molecule has 18 heavy (non-hydrogen) atoms. The second-order valence-corrected chi connectivity index (χ2v) is 4.71. The van der Waals surface area contributed by atoms with Gasteiger partial charge >= 0.3 is 5.97 Å². The second kappa shape index (κ2) is 5.93. The molecule has 1 fully saturated rings. The molecule has 2 unspecified atom stereocenters. The molecule has 1 saturated heterocycles. The van der Waals surface area contributed by atoms with Gasteiger partial charge in [-0.25, -0.2) is 4.79 Å². The van der Waals surface area contributed by atoms with Crippen molar-refractivity contribution in [2.75, 3.05) is 13.6 Å². The van der Waals surface area contributed by atoms with Gasteiger partial charge in [-0.3, -0.25) is 9.88 Å². The third kappa shape index (κ3) is 3.51. The molecule has 5 heteroatoms. The lowest BCUT2D eigenvalue weighted by Gasteiger charge is -2.20. The number of likely N-dealkylation sites (N-methyl/N-ethyl adjacent to an activating group) is 1. The minimum Gasteiger partial charge on any atom is -0.479 e. The molecule has 2 atom stereocenters. The summed E-state index contributed by atoms with van der Waals surface area (Å²) in [5, 5.41) is 8.85. The van der Waals surface area contributed by atoms with Crippen LogP contribution in [0.15, 0.2) is 24.5 Å². The number of pyridine rings is 1. The molecule has 2 rings (SSSR count). The second-order valence-electron chi connectivity index (χ2n) is 4.71. The lowest BCUT2D eigenvalue weighted by molar-refractivity contribution is -0.149. The molecular formula is C13H18N2O3. The van der Waals surface area contributed by atoms with E-state index in [0.717, 1.165) is 19.5 Å². The SMILES string of the molecule is CN(Cc1ccncc1)CC1CCC(C(=O)O)O1. The lowest BCUT2D eigenvalue weighted by Crippen LogP contribution is -2.30. The van der Waals surface area contributed by atoms with Gasteiger partial charge in [-0.05, 0) is 37.6 Å². The number of carbonyl (C=O) groups is 1. The summed E-state index contributed by atoms with van der Waals surface area (Å²) >= 11 is 0. The third-order valence-corrected chi connectivity index (χ3v) is 3.10. The van der Waals surface area contributed by atoms with Crippen molar-refractivity contribution in [2.45, 2.75) is 31.6 Å². The lowest BCUT2D eigenvalue weighted by atomic mass is 10.2. The first kappa shape index (κ1) is 13.0. The van der Waals surface area contributed by atoms with Crippen LogP contribution in [0.3, 0.4) is 0 Å². The van der Waals surface area contributed by atoms with Gasteiger partial charge in [0.1, 0.15) is 0 Å². The summed E-state index contributed by atoms with van der Waals surface area (Å²) in [6.45, 7) is 1.58. The van der Waals surface area contributed by atoms with E-state index in [1.807, 2.05) is 19.2 Å². The van der Waals surface area contributed by atoms with E-state index in [1.165, 1.54) is 5.56 Å². The maximum atomic E-state index is 10.8. The smallest absolute Gasteiger partial charge is 0.332 e. The number of hydrogen-bond donors (Lipinski definition) is 1. The van der Waals surface area contributed by atoms with Crippen LogP contribution in [0.1, 0.15) is 18.4 Å². The number of rotatable bonds is 5. The van der Waals surface area contributed by atoms with Crippen molar-refractivity contribution in [3.63, 3.8) is 0 Å². The highest BCUT2D eigenvalue weighted by Crippen LogP contribution is 2.20. The van der Waals surface area contributed by atoms with Gasteiger partial charge in [0.2, 0.25) is 0 Å². The highest BCUT2D eigenvalue weighted by Gasteiger charge is 2.30. The molecule has 0 aliphatic carbocycles. The molecule has 0 radical (unpaired) electrons. The highest BCUT2D eigenvalue weighted by atomic mass is 16.5. The molecule has 1 aromatic rings. The summed E-state index contributed by atoms with van der Waals surface area (Å²) in [6, 6.07) is 3.96. The highest BCUT2D eigenvalue weighted by molar-refractivity contribution is 5.72. The van der Waals surface area contributed by atoms with Crippen molar-refractivity contribution in [2.24, 2.45) is 0 Å². The molecule has 0 aromatic carbocycles. The van der Waals surface area contributed by atoms with E-state index in [4.69, 9.17) is 9.84 Å². The Bertz CT molecular complexity index is 396. The maximum absolute atomic E-state index is 10.8. The molecule has 1 aromatic heterocycles. The Kier molecular flexibility index (Phi) is 4.28. The van der Waals surface area contributed by atoms with Gasteiger partial charge in [0.15, 0.2) is 6.10 Å². The van der Waals surface area contributed by atoms with E-state index in [-0.39, 0.29) is 6.10 Å². The minimum absolute atomic E-state index is 0.0259. The van der Waals surface area contributed by atoms with Gasteiger partial charge in [0, 0.05) is 25.5 Å². The van der Waals surface area contributed by atoms with Crippen molar-refractivity contribution in [3.8, 4) is 0 Å². The van der Waals surface area contributed by atoms with Crippen LogP contribution in [-0.2, 0) is 16.1 Å². The van der Waals surface area contributed by atoms with Crippen LogP contribution in [-0.4, -0.2) is 46.8 Å². The van der Waals surface area contributed by atoms with E-state index in [2.05, 4.69) is 9.88 Å². The van der Waals surface area contributed by atoms with Crippen molar-refractivity contribution in [1.29, 1.82) is 0 Å². The van der Waals surface area contributed by atoms with Crippen molar-refractivity contribution < 1.29 is 14.6 Å². The van der Waals surface area contributed by atoms with Crippen LogP contribution in [0.4, 0.5) is 0 Å². The van der Waals surface area contributed by atoms with Gasteiger partial charge in [0.25, 0.3) is 0 Å². The van der Waals surface area contributed by atoms with Gasteiger partial charge < -0.3 is 9.84 Å². The molecule has 1 aliphatic heterocycles. The molecule has 5 nitrogen and oxygen atoms in total. The van der Waals surface area contributed by atoms with Crippen molar-refractivity contribution in [1.82, 2.24) is 9.88 Å². The van der Waals surface area contributed by atoms with Crippen molar-refractivity contribution >= 4 is 5.97 Å². The Morgan fingerprint density at radius 2 is 2.22 bits per heavy atom. The van der Waals surface area contributed by atoms with Gasteiger partial charge in [0.05, 0.1) is 6.10 Å². The standard InChI is InChI=1S/C13H18N2O3/c1-15(8-10-4-6-14-7-5-10)9-11-2-3-12(18-11)13(16)17/h4-7,11-12H,2-3,8-9H2,1H3,(H,16,17). The van der Waals surface area contributed by atoms with Crippen LogP contribution in [0, 0.1) is 0 Å². The topological polar surface area (TPSA) is 62.7 Å². The van der Waals surface area contributed by atoms with Crippen LogP contribution >= 0.6 is 0 Å². The monoisotopic (exact) mass is 250 g/mol. The summed E-state index contributed by atoms with van der Waals surface area (Å²) in [7, 11) is 2.01. The number of aromatic nitrogens is 1. The fourth-order valence-corrected chi connectivity index (χ4v) is 2.23. The number of carboxylic acid groups (broad SMARTS) is 1. The summed E-state index contributed by atoms with van der Waals surface area (Å²) in [5.41, 5.74) is 1.19. The average molecular weight is 250 g/mol. The molecule has 1 N–H and O–H groups in total. The van der Waals surface area contributed by atoms with E-state index < -0.39 is 12.1 Å². The zero-order valence-electron chi connectivity index (χ0n) is 10.5. The average Bonchev–Trinajstić information content (AvgIpc) is 2.78. The molecular weight excluding hydrogens is 232 g/mol. The predicted molar refractivity (Wildman–Crippen MR) is 66.1 cm³/mol. The largest absolute Gasteiger partial charge is 0.479 e. The molecule has 98 valence electrons. The van der Waals surface area contributed by atoms with Crippen LogP contribution in [0.2, 0.25) is 0 Å². The molecule has 2 heterocycles. The Morgan fingerprint density at radius 1 is 1.50 bits per heavy atom. The fraction of sp³-hybridized carbons (Fsp3) is 0.538. The molecule has 0 saturated carbocycles. The zero-order chi connectivity index (χ0) is 13.0. The van der Waals surface area contributed by atoms with E-state index >= 15 is 0 Å². The fourth-order valence-electron chi connectivity index (χ4n) is 2.23. The number of nitrogens with zero attached hydrogens (tertiary/aromatic N) is 2. The van der Waals surface area contributed by atoms with Crippen LogP contribution < -0.4 is 0 Å².